The zero-order valence-corrected chi connectivity index (χ0v) is 10.6. The molecule has 0 N–H and O–H groups in total. The average Bonchev–Trinajstić information content (AvgIpc) is 2.14. The van der Waals surface area contributed by atoms with Crippen LogP contribution in [0.1, 0.15) is 26.3 Å². The first-order valence-electron chi connectivity index (χ1n) is 4.71. The molecule has 0 amide bonds. The summed E-state index contributed by atoms with van der Waals surface area (Å²) >= 11 is 2.96. The van der Waals surface area contributed by atoms with Gasteiger partial charge in [0, 0.05) is 0 Å². The normalized spacial score (nSPS) is 11.1. The summed E-state index contributed by atoms with van der Waals surface area (Å²) in [5, 5.41) is 0. The molecule has 0 spiro atoms. The van der Waals surface area contributed by atoms with Gasteiger partial charge in [-0.2, -0.15) is 0 Å². The van der Waals surface area contributed by atoms with Crippen molar-refractivity contribution in [3.8, 4) is 0 Å². The Bertz CT molecular complexity index is 298. The summed E-state index contributed by atoms with van der Waals surface area (Å²) in [4.78, 5) is 0. The molecule has 1 nitrogen and oxygen atoms in total. The Hall–Kier alpha value is -0.591. The molecule has 0 radical (unpaired) electrons. The van der Waals surface area contributed by atoms with Crippen LogP contribution in [-0.2, 0) is 4.74 Å². The molecule has 0 aliphatic heterocycles. The van der Waals surface area contributed by atoms with Crippen molar-refractivity contribution in [2.45, 2.75) is 20.8 Å². The van der Waals surface area contributed by atoms with Crippen LogP contribution in [0.3, 0.4) is 0 Å². The summed E-state index contributed by atoms with van der Waals surface area (Å²) in [7, 11) is 0. The van der Waals surface area contributed by atoms with E-state index in [1.54, 1.807) is 0 Å². The minimum atomic E-state index is 0.198. The SMILES string of the molecule is CC(C)(C)COC(=[Se])c1ccccc1. The molecule has 0 aliphatic carbocycles. The van der Waals surface area contributed by atoms with E-state index in [0.717, 1.165) is 16.8 Å². The standard InChI is InChI=1S/C12H16OSe/c1-12(2,3)9-13-11(14)10-7-5-4-6-8-10/h4-8H,9H2,1-3H3. The fourth-order valence-corrected chi connectivity index (χ4v) is 1.35. The van der Waals surface area contributed by atoms with Crippen molar-refractivity contribution in [2.24, 2.45) is 5.41 Å². The fourth-order valence-electron chi connectivity index (χ4n) is 0.940. The van der Waals surface area contributed by atoms with Crippen LogP contribution >= 0.6 is 0 Å². The van der Waals surface area contributed by atoms with Crippen LogP contribution in [0.5, 0.6) is 0 Å². The molecule has 2 heteroatoms. The third-order valence-corrected chi connectivity index (χ3v) is 2.39. The Kier molecular flexibility index (Phi) is 3.91. The zero-order chi connectivity index (χ0) is 10.6. The van der Waals surface area contributed by atoms with E-state index >= 15 is 0 Å². The molecular formula is C12H16OSe. The molecule has 0 heterocycles. The van der Waals surface area contributed by atoms with Gasteiger partial charge in [-0.15, -0.1) is 0 Å². The van der Waals surface area contributed by atoms with Crippen LogP contribution in [0.4, 0.5) is 0 Å². The molecule has 0 aromatic heterocycles. The number of hydrogen-bond donors (Lipinski definition) is 0. The van der Waals surface area contributed by atoms with E-state index < -0.39 is 0 Å². The first-order valence-corrected chi connectivity index (χ1v) is 5.57. The van der Waals surface area contributed by atoms with E-state index in [1.165, 1.54) is 0 Å². The third kappa shape index (κ3) is 4.08. The average molecular weight is 255 g/mol. The van der Waals surface area contributed by atoms with Gasteiger partial charge in [0.25, 0.3) is 0 Å². The molecule has 0 saturated heterocycles. The van der Waals surface area contributed by atoms with Crippen LogP contribution in [-0.4, -0.2) is 26.8 Å². The zero-order valence-electron chi connectivity index (χ0n) is 8.91. The molecule has 1 rings (SSSR count). The Labute approximate surface area is 93.8 Å². The molecular weight excluding hydrogens is 239 g/mol. The molecule has 76 valence electrons. The fraction of sp³-hybridized carbons (Fsp3) is 0.417. The number of benzene rings is 1. The molecule has 0 saturated carbocycles. The topological polar surface area (TPSA) is 9.23 Å². The maximum atomic E-state index is 5.65. The van der Waals surface area contributed by atoms with Crippen molar-refractivity contribution < 1.29 is 4.74 Å². The summed E-state index contributed by atoms with van der Waals surface area (Å²) in [6.07, 6.45) is 0. The van der Waals surface area contributed by atoms with Crippen LogP contribution in [0.15, 0.2) is 30.3 Å². The van der Waals surface area contributed by atoms with E-state index in [0.29, 0.717) is 0 Å². The van der Waals surface area contributed by atoms with Crippen molar-refractivity contribution in [3.05, 3.63) is 35.9 Å². The Morgan fingerprint density at radius 3 is 2.29 bits per heavy atom. The van der Waals surface area contributed by atoms with Crippen molar-refractivity contribution in [3.63, 3.8) is 0 Å². The van der Waals surface area contributed by atoms with E-state index in [2.05, 4.69) is 36.3 Å². The molecule has 0 fully saturated rings. The Balaban J connectivity index is 2.52. The van der Waals surface area contributed by atoms with Gasteiger partial charge in [0.2, 0.25) is 0 Å². The second kappa shape index (κ2) is 4.77. The van der Waals surface area contributed by atoms with E-state index in [4.69, 9.17) is 4.74 Å². The summed E-state index contributed by atoms with van der Waals surface area (Å²) < 4.78 is 6.53. The van der Waals surface area contributed by atoms with Crippen LogP contribution in [0, 0.1) is 5.41 Å². The van der Waals surface area contributed by atoms with E-state index in [1.807, 2.05) is 30.3 Å². The first kappa shape index (κ1) is 11.5. The summed E-state index contributed by atoms with van der Waals surface area (Å²) in [6.45, 7) is 7.20. The van der Waals surface area contributed by atoms with Gasteiger partial charge in [-0.3, -0.25) is 0 Å². The van der Waals surface area contributed by atoms with Gasteiger partial charge in [0.05, 0.1) is 0 Å². The van der Waals surface area contributed by atoms with Gasteiger partial charge in [0.1, 0.15) is 0 Å². The molecule has 1 aromatic carbocycles. The predicted octanol–water partition coefficient (Wildman–Crippen LogP) is 2.40. The number of ether oxygens (including phenoxy) is 1. The molecule has 0 aliphatic rings. The predicted molar refractivity (Wildman–Crippen MR) is 61.7 cm³/mol. The Morgan fingerprint density at radius 1 is 1.21 bits per heavy atom. The van der Waals surface area contributed by atoms with E-state index in [9.17, 15) is 0 Å². The van der Waals surface area contributed by atoms with Gasteiger partial charge in [-0.05, 0) is 0 Å². The molecule has 14 heavy (non-hydrogen) atoms. The molecule has 0 bridgehead atoms. The van der Waals surface area contributed by atoms with Gasteiger partial charge in [-0.25, -0.2) is 0 Å². The quantitative estimate of drug-likeness (QED) is 0.754. The van der Waals surface area contributed by atoms with Crippen LogP contribution in [0.2, 0.25) is 0 Å². The van der Waals surface area contributed by atoms with Gasteiger partial charge in [0.15, 0.2) is 0 Å². The minimum absolute atomic E-state index is 0.198. The Morgan fingerprint density at radius 2 is 1.79 bits per heavy atom. The van der Waals surface area contributed by atoms with Crippen molar-refractivity contribution >= 4 is 20.2 Å². The summed E-state index contributed by atoms with van der Waals surface area (Å²) in [5.41, 5.74) is 1.31. The second-order valence-electron chi connectivity index (χ2n) is 4.50. The molecule has 0 atom stereocenters. The van der Waals surface area contributed by atoms with Gasteiger partial charge in [-0.1, -0.05) is 0 Å². The first-order chi connectivity index (χ1) is 6.49. The van der Waals surface area contributed by atoms with E-state index in [-0.39, 0.29) is 5.41 Å². The van der Waals surface area contributed by atoms with Gasteiger partial charge >= 0.3 is 93.6 Å². The number of rotatable bonds is 3. The maximum absolute atomic E-state index is 5.65. The molecule has 0 unspecified atom stereocenters. The third-order valence-electron chi connectivity index (χ3n) is 1.65. The van der Waals surface area contributed by atoms with Crippen molar-refractivity contribution in [1.82, 2.24) is 0 Å². The van der Waals surface area contributed by atoms with Crippen molar-refractivity contribution in [1.29, 1.82) is 0 Å². The van der Waals surface area contributed by atoms with Crippen LogP contribution < -0.4 is 0 Å². The summed E-state index contributed by atoms with van der Waals surface area (Å²) in [5.74, 6) is 0. The second-order valence-corrected chi connectivity index (χ2v) is 5.28. The van der Waals surface area contributed by atoms with Crippen molar-refractivity contribution in [2.75, 3.05) is 6.61 Å². The monoisotopic (exact) mass is 256 g/mol. The molecule has 1 aromatic rings. The van der Waals surface area contributed by atoms with Gasteiger partial charge < -0.3 is 0 Å². The van der Waals surface area contributed by atoms with Crippen LogP contribution in [0.25, 0.3) is 0 Å². The summed E-state index contributed by atoms with van der Waals surface area (Å²) in [6, 6.07) is 10.1. The number of hydrogen-bond acceptors (Lipinski definition) is 1.